The van der Waals surface area contributed by atoms with Gasteiger partial charge in [-0.15, -0.1) is 0 Å². The molecule has 1 aromatic rings. The van der Waals surface area contributed by atoms with Crippen molar-refractivity contribution in [3.63, 3.8) is 0 Å². The first-order valence-corrected chi connectivity index (χ1v) is 7.18. The van der Waals surface area contributed by atoms with Crippen LogP contribution in [0.2, 0.25) is 0 Å². The fraction of sp³-hybridized carbons (Fsp3) is 0.714. The summed E-state index contributed by atoms with van der Waals surface area (Å²) in [6.07, 6.45) is 2.71. The molecule has 112 valence electrons. The lowest BCUT2D eigenvalue weighted by atomic mass is 10.1. The highest BCUT2D eigenvalue weighted by molar-refractivity contribution is 5.90. The van der Waals surface area contributed by atoms with E-state index in [0.717, 1.165) is 25.2 Å². The van der Waals surface area contributed by atoms with Crippen molar-refractivity contribution in [2.75, 3.05) is 19.7 Å². The molecule has 2 rings (SSSR count). The first-order valence-electron chi connectivity index (χ1n) is 7.18. The van der Waals surface area contributed by atoms with Crippen molar-refractivity contribution in [1.82, 2.24) is 14.7 Å². The minimum absolute atomic E-state index is 0.294. The molecule has 0 aliphatic carbocycles. The molecule has 1 fully saturated rings. The van der Waals surface area contributed by atoms with Gasteiger partial charge in [-0.1, -0.05) is 0 Å². The molecule has 20 heavy (non-hydrogen) atoms. The van der Waals surface area contributed by atoms with Crippen LogP contribution in [0.1, 0.15) is 36.3 Å². The Labute approximate surface area is 119 Å². The fourth-order valence-electron chi connectivity index (χ4n) is 2.83. The van der Waals surface area contributed by atoms with Gasteiger partial charge >= 0.3 is 5.97 Å². The van der Waals surface area contributed by atoms with Crippen LogP contribution in [0.15, 0.2) is 6.20 Å². The van der Waals surface area contributed by atoms with E-state index in [1.54, 1.807) is 10.9 Å². The number of carbonyl (C=O) groups excluding carboxylic acids is 1. The summed E-state index contributed by atoms with van der Waals surface area (Å²) in [6, 6.07) is 0.480. The predicted molar refractivity (Wildman–Crippen MR) is 76.2 cm³/mol. The number of nitrogens with two attached hydrogens (primary N) is 1. The smallest absolute Gasteiger partial charge is 0.341 e. The number of esters is 1. The van der Waals surface area contributed by atoms with E-state index >= 15 is 0 Å². The number of rotatable bonds is 5. The lowest BCUT2D eigenvalue weighted by molar-refractivity contribution is 0.0523. The zero-order valence-electron chi connectivity index (χ0n) is 12.5. The Kier molecular flexibility index (Phi) is 4.77. The van der Waals surface area contributed by atoms with Gasteiger partial charge in [0.25, 0.3) is 0 Å². The highest BCUT2D eigenvalue weighted by atomic mass is 16.5. The molecule has 2 heterocycles. The van der Waals surface area contributed by atoms with Crippen LogP contribution in [0.4, 0.5) is 0 Å². The van der Waals surface area contributed by atoms with E-state index < -0.39 is 0 Å². The van der Waals surface area contributed by atoms with Crippen LogP contribution in [0.25, 0.3) is 0 Å². The normalized spacial score (nSPS) is 23.2. The number of likely N-dealkylation sites (tertiary alicyclic amines) is 1. The van der Waals surface area contributed by atoms with Crippen LogP contribution in [-0.2, 0) is 18.3 Å². The number of hydrogen-bond donors (Lipinski definition) is 1. The summed E-state index contributed by atoms with van der Waals surface area (Å²) < 4.78 is 6.84. The molecule has 1 aliphatic rings. The number of carbonyl (C=O) groups is 1. The van der Waals surface area contributed by atoms with E-state index in [2.05, 4.69) is 16.9 Å². The number of ether oxygens (including phenoxy) is 1. The van der Waals surface area contributed by atoms with Crippen molar-refractivity contribution in [3.8, 4) is 0 Å². The Morgan fingerprint density at radius 2 is 2.35 bits per heavy atom. The van der Waals surface area contributed by atoms with Crippen LogP contribution < -0.4 is 5.73 Å². The molecule has 1 aromatic heterocycles. The Balaban J connectivity index is 2.13. The van der Waals surface area contributed by atoms with Crippen molar-refractivity contribution < 1.29 is 9.53 Å². The topological polar surface area (TPSA) is 73.4 Å². The molecule has 0 aromatic carbocycles. The van der Waals surface area contributed by atoms with E-state index in [1.165, 1.54) is 0 Å². The third-order valence-corrected chi connectivity index (χ3v) is 4.03. The summed E-state index contributed by atoms with van der Waals surface area (Å²) in [5.74, 6) is 0.252. The Morgan fingerprint density at radius 3 is 2.95 bits per heavy atom. The second-order valence-electron chi connectivity index (χ2n) is 5.46. The van der Waals surface area contributed by atoms with Crippen LogP contribution in [-0.4, -0.2) is 46.4 Å². The number of hydrogen-bond acceptors (Lipinski definition) is 5. The van der Waals surface area contributed by atoms with Crippen LogP contribution in [0.3, 0.4) is 0 Å². The number of aromatic nitrogens is 2. The van der Waals surface area contributed by atoms with E-state index in [4.69, 9.17) is 10.5 Å². The zero-order chi connectivity index (χ0) is 14.7. The first-order chi connectivity index (χ1) is 9.56. The molecule has 0 radical (unpaired) electrons. The van der Waals surface area contributed by atoms with Crippen molar-refractivity contribution in [1.29, 1.82) is 0 Å². The summed E-state index contributed by atoms with van der Waals surface area (Å²) in [4.78, 5) is 14.3. The van der Waals surface area contributed by atoms with Crippen molar-refractivity contribution in [2.24, 2.45) is 18.7 Å². The van der Waals surface area contributed by atoms with Crippen molar-refractivity contribution in [2.45, 2.75) is 32.9 Å². The predicted octanol–water partition coefficient (Wildman–Crippen LogP) is 0.766. The number of aryl methyl sites for hydroxylation is 1. The summed E-state index contributed by atoms with van der Waals surface area (Å²) in [7, 11) is 1.86. The Bertz CT molecular complexity index is 472. The van der Waals surface area contributed by atoms with Gasteiger partial charge in [-0.25, -0.2) is 4.79 Å². The minimum atomic E-state index is -0.294. The standard InChI is InChI=1S/C14H24N4O2/c1-4-20-14(19)12-7-16-17(3)13(12)9-18-8-11(6-15)5-10(18)2/h7,10-11H,4-6,8-9,15H2,1-3H3. The molecule has 2 atom stereocenters. The van der Waals surface area contributed by atoms with Crippen LogP contribution in [0.5, 0.6) is 0 Å². The largest absolute Gasteiger partial charge is 0.462 e. The molecular weight excluding hydrogens is 256 g/mol. The van der Waals surface area contributed by atoms with Gasteiger partial charge in [0.05, 0.1) is 18.5 Å². The SMILES string of the molecule is CCOC(=O)c1cnn(C)c1CN1CC(CN)CC1C. The molecule has 0 saturated carbocycles. The average molecular weight is 280 g/mol. The van der Waals surface area contributed by atoms with Gasteiger partial charge in [-0.05, 0) is 32.7 Å². The van der Waals surface area contributed by atoms with Gasteiger partial charge in [0, 0.05) is 26.2 Å². The quantitative estimate of drug-likeness (QED) is 0.806. The lowest BCUT2D eigenvalue weighted by Crippen LogP contribution is -2.29. The van der Waals surface area contributed by atoms with Gasteiger partial charge in [-0.2, -0.15) is 5.10 Å². The van der Waals surface area contributed by atoms with Gasteiger partial charge in [0.1, 0.15) is 5.56 Å². The second kappa shape index (κ2) is 6.37. The maximum atomic E-state index is 11.9. The summed E-state index contributed by atoms with van der Waals surface area (Å²) in [5.41, 5.74) is 7.24. The molecule has 1 saturated heterocycles. The molecule has 0 spiro atoms. The van der Waals surface area contributed by atoms with E-state index in [0.29, 0.717) is 30.7 Å². The van der Waals surface area contributed by atoms with Gasteiger partial charge in [-0.3, -0.25) is 9.58 Å². The van der Waals surface area contributed by atoms with Gasteiger partial charge in [0.15, 0.2) is 0 Å². The second-order valence-corrected chi connectivity index (χ2v) is 5.46. The Morgan fingerprint density at radius 1 is 1.60 bits per heavy atom. The average Bonchev–Trinajstić information content (AvgIpc) is 2.95. The van der Waals surface area contributed by atoms with E-state index in [-0.39, 0.29) is 5.97 Å². The van der Waals surface area contributed by atoms with Gasteiger partial charge < -0.3 is 10.5 Å². The van der Waals surface area contributed by atoms with Crippen molar-refractivity contribution >= 4 is 5.97 Å². The first kappa shape index (κ1) is 15.0. The maximum absolute atomic E-state index is 11.9. The third-order valence-electron chi connectivity index (χ3n) is 4.03. The van der Waals surface area contributed by atoms with Crippen LogP contribution in [0, 0.1) is 5.92 Å². The monoisotopic (exact) mass is 280 g/mol. The summed E-state index contributed by atoms with van der Waals surface area (Å²) in [6.45, 7) is 6.80. The molecule has 0 amide bonds. The van der Waals surface area contributed by atoms with E-state index in [1.807, 2.05) is 14.0 Å². The highest BCUT2D eigenvalue weighted by Gasteiger charge is 2.30. The molecule has 0 bridgehead atoms. The third kappa shape index (κ3) is 3.02. The van der Waals surface area contributed by atoms with Crippen LogP contribution >= 0.6 is 0 Å². The molecule has 1 aliphatic heterocycles. The molecule has 2 unspecified atom stereocenters. The Hall–Kier alpha value is -1.40. The minimum Gasteiger partial charge on any atom is -0.462 e. The molecule has 6 nitrogen and oxygen atoms in total. The van der Waals surface area contributed by atoms with E-state index in [9.17, 15) is 4.79 Å². The zero-order valence-corrected chi connectivity index (χ0v) is 12.5. The molecule has 6 heteroatoms. The highest BCUT2D eigenvalue weighted by Crippen LogP contribution is 2.25. The summed E-state index contributed by atoms with van der Waals surface area (Å²) >= 11 is 0. The van der Waals surface area contributed by atoms with Crippen molar-refractivity contribution in [3.05, 3.63) is 17.5 Å². The molecular formula is C14H24N4O2. The van der Waals surface area contributed by atoms with Gasteiger partial charge in [0.2, 0.25) is 0 Å². The maximum Gasteiger partial charge on any atom is 0.341 e. The summed E-state index contributed by atoms with van der Waals surface area (Å²) in [5, 5.41) is 4.19. The lowest BCUT2D eigenvalue weighted by Gasteiger charge is -2.21. The molecule has 2 N–H and O–H groups in total. The number of nitrogens with zero attached hydrogens (tertiary/aromatic N) is 3. The fourth-order valence-corrected chi connectivity index (χ4v) is 2.83.